The minimum atomic E-state index is 0.254. The van der Waals surface area contributed by atoms with Crippen LogP contribution in [0.5, 0.6) is 0 Å². The molecule has 0 radical (unpaired) electrons. The first-order valence-corrected chi connectivity index (χ1v) is 5.94. The maximum atomic E-state index is 5.88. The number of anilines is 2. The monoisotopic (exact) mass is 237 g/mol. The van der Waals surface area contributed by atoms with Crippen molar-refractivity contribution in [3.8, 4) is 0 Å². The van der Waals surface area contributed by atoms with Crippen LogP contribution >= 0.6 is 0 Å². The molecule has 1 aromatic rings. The predicted molar refractivity (Wildman–Crippen MR) is 67.0 cm³/mol. The van der Waals surface area contributed by atoms with Crippen molar-refractivity contribution in [1.29, 1.82) is 0 Å². The zero-order valence-electron chi connectivity index (χ0n) is 10.1. The number of nitrogens with two attached hydrogens (primary N) is 1. The lowest BCUT2D eigenvalue weighted by atomic mass is 10.3. The van der Waals surface area contributed by atoms with Crippen molar-refractivity contribution in [2.75, 3.05) is 36.6 Å². The fourth-order valence-electron chi connectivity index (χ4n) is 1.82. The zero-order chi connectivity index (χ0) is 12.1. The molecule has 17 heavy (non-hydrogen) atoms. The second-order valence-electron chi connectivity index (χ2n) is 4.05. The first kappa shape index (κ1) is 12.1. The van der Waals surface area contributed by atoms with E-state index < -0.39 is 0 Å². The second kappa shape index (κ2) is 5.79. The van der Waals surface area contributed by atoms with Crippen LogP contribution in [-0.4, -0.2) is 42.4 Å². The molecular weight excluding hydrogens is 218 g/mol. The average Bonchev–Trinajstić information content (AvgIpc) is 2.77. The molecule has 0 aliphatic carbocycles. The largest absolute Gasteiger partial charge is 0.362 e. The van der Waals surface area contributed by atoms with Crippen LogP contribution in [0.1, 0.15) is 13.3 Å². The molecule has 2 heterocycles. The van der Waals surface area contributed by atoms with Crippen molar-refractivity contribution in [3.05, 3.63) is 12.3 Å². The van der Waals surface area contributed by atoms with Crippen LogP contribution in [-0.2, 0) is 4.74 Å². The molecule has 3 N–H and O–H groups in total. The Kier molecular flexibility index (Phi) is 4.11. The third-order valence-corrected chi connectivity index (χ3v) is 2.73. The molecule has 1 aliphatic heterocycles. The molecule has 94 valence electrons. The zero-order valence-corrected chi connectivity index (χ0v) is 10.1. The van der Waals surface area contributed by atoms with Crippen molar-refractivity contribution >= 4 is 11.8 Å². The highest BCUT2D eigenvalue weighted by molar-refractivity contribution is 5.43. The minimum Gasteiger partial charge on any atom is -0.362 e. The average molecular weight is 237 g/mol. The molecule has 1 unspecified atom stereocenters. The Labute approximate surface area is 101 Å². The third kappa shape index (κ3) is 3.28. The fraction of sp³-hybridized carbons (Fsp3) is 0.636. The maximum absolute atomic E-state index is 5.88. The van der Waals surface area contributed by atoms with Gasteiger partial charge in [0.2, 0.25) is 5.95 Å². The van der Waals surface area contributed by atoms with Gasteiger partial charge in [-0.2, -0.15) is 4.98 Å². The standard InChI is InChI=1S/C11H19N5O/c1-2-17-8-14-11-13-5-3-10(15-11)16-6-4-9(12)7-16/h3,5,9H,2,4,6-8,12H2,1H3,(H,13,14,15). The molecule has 0 saturated carbocycles. The van der Waals surface area contributed by atoms with Crippen LogP contribution in [0.3, 0.4) is 0 Å². The number of nitrogens with one attached hydrogen (secondary N) is 1. The molecular formula is C11H19N5O. The highest BCUT2D eigenvalue weighted by atomic mass is 16.5. The van der Waals surface area contributed by atoms with Crippen molar-refractivity contribution in [1.82, 2.24) is 9.97 Å². The van der Waals surface area contributed by atoms with Crippen LogP contribution in [0.4, 0.5) is 11.8 Å². The van der Waals surface area contributed by atoms with Gasteiger partial charge in [-0.1, -0.05) is 0 Å². The Balaban J connectivity index is 1.96. The van der Waals surface area contributed by atoms with Crippen molar-refractivity contribution in [2.45, 2.75) is 19.4 Å². The molecule has 6 heteroatoms. The second-order valence-corrected chi connectivity index (χ2v) is 4.05. The van der Waals surface area contributed by atoms with E-state index in [1.165, 1.54) is 0 Å². The summed E-state index contributed by atoms with van der Waals surface area (Å²) in [5.41, 5.74) is 5.88. The maximum Gasteiger partial charge on any atom is 0.226 e. The normalized spacial score (nSPS) is 19.6. The molecule has 6 nitrogen and oxygen atoms in total. The van der Waals surface area contributed by atoms with Gasteiger partial charge >= 0.3 is 0 Å². The molecule has 1 saturated heterocycles. The number of hydrogen-bond acceptors (Lipinski definition) is 6. The van der Waals surface area contributed by atoms with Crippen LogP contribution in [0.2, 0.25) is 0 Å². The molecule has 0 aromatic carbocycles. The Morgan fingerprint density at radius 1 is 1.65 bits per heavy atom. The topological polar surface area (TPSA) is 76.3 Å². The van der Waals surface area contributed by atoms with Crippen LogP contribution in [0.25, 0.3) is 0 Å². The Morgan fingerprint density at radius 3 is 3.24 bits per heavy atom. The van der Waals surface area contributed by atoms with Crippen LogP contribution in [0, 0.1) is 0 Å². The number of rotatable bonds is 5. The molecule has 0 spiro atoms. The summed E-state index contributed by atoms with van der Waals surface area (Å²) in [6.45, 7) is 4.88. The van der Waals surface area contributed by atoms with E-state index in [4.69, 9.17) is 10.5 Å². The summed E-state index contributed by atoms with van der Waals surface area (Å²) in [5, 5.41) is 3.02. The van der Waals surface area contributed by atoms with Gasteiger partial charge in [0, 0.05) is 31.9 Å². The van der Waals surface area contributed by atoms with Gasteiger partial charge in [-0.3, -0.25) is 0 Å². The molecule has 0 bridgehead atoms. The SMILES string of the molecule is CCOCNc1nccc(N2CCC(N)C2)n1. The summed E-state index contributed by atoms with van der Waals surface area (Å²) in [6, 6.07) is 2.16. The number of ether oxygens (including phenoxy) is 1. The highest BCUT2D eigenvalue weighted by Gasteiger charge is 2.20. The third-order valence-electron chi connectivity index (χ3n) is 2.73. The van der Waals surface area contributed by atoms with E-state index in [0.29, 0.717) is 19.3 Å². The Bertz CT molecular complexity index is 359. The van der Waals surface area contributed by atoms with Gasteiger partial charge in [0.05, 0.1) is 0 Å². The van der Waals surface area contributed by atoms with E-state index in [0.717, 1.165) is 25.3 Å². The number of hydrogen-bond donors (Lipinski definition) is 2. The quantitative estimate of drug-likeness (QED) is 0.571. The number of nitrogens with zero attached hydrogens (tertiary/aromatic N) is 3. The fourth-order valence-corrected chi connectivity index (χ4v) is 1.82. The summed E-state index contributed by atoms with van der Waals surface area (Å²) < 4.78 is 5.20. The predicted octanol–water partition coefficient (Wildman–Crippen LogP) is 0.420. The summed E-state index contributed by atoms with van der Waals surface area (Å²) in [5.74, 6) is 1.52. The van der Waals surface area contributed by atoms with Crippen molar-refractivity contribution < 1.29 is 4.74 Å². The van der Waals surface area contributed by atoms with E-state index in [2.05, 4.69) is 20.2 Å². The molecule has 1 fully saturated rings. The lowest BCUT2D eigenvalue weighted by Crippen LogP contribution is -2.27. The lowest BCUT2D eigenvalue weighted by Gasteiger charge is -2.17. The Morgan fingerprint density at radius 2 is 2.53 bits per heavy atom. The van der Waals surface area contributed by atoms with E-state index in [1.54, 1.807) is 6.20 Å². The van der Waals surface area contributed by atoms with Gasteiger partial charge in [-0.25, -0.2) is 4.98 Å². The van der Waals surface area contributed by atoms with E-state index in [1.807, 2.05) is 13.0 Å². The minimum absolute atomic E-state index is 0.254. The number of aromatic nitrogens is 2. The van der Waals surface area contributed by atoms with Crippen molar-refractivity contribution in [3.63, 3.8) is 0 Å². The lowest BCUT2D eigenvalue weighted by molar-refractivity contribution is 0.166. The molecule has 1 atom stereocenters. The van der Waals surface area contributed by atoms with Gasteiger partial charge in [-0.15, -0.1) is 0 Å². The van der Waals surface area contributed by atoms with Crippen LogP contribution < -0.4 is 16.0 Å². The summed E-state index contributed by atoms with van der Waals surface area (Å²) in [7, 11) is 0. The van der Waals surface area contributed by atoms with Gasteiger partial charge in [0.25, 0.3) is 0 Å². The Hall–Kier alpha value is -1.40. The van der Waals surface area contributed by atoms with E-state index in [-0.39, 0.29) is 6.04 Å². The summed E-state index contributed by atoms with van der Waals surface area (Å²) >= 11 is 0. The van der Waals surface area contributed by atoms with Gasteiger partial charge < -0.3 is 20.7 Å². The summed E-state index contributed by atoms with van der Waals surface area (Å²) in [6.07, 6.45) is 2.77. The van der Waals surface area contributed by atoms with Crippen molar-refractivity contribution in [2.24, 2.45) is 5.73 Å². The van der Waals surface area contributed by atoms with Gasteiger partial charge in [0.1, 0.15) is 12.5 Å². The summed E-state index contributed by atoms with van der Waals surface area (Å²) in [4.78, 5) is 10.7. The van der Waals surface area contributed by atoms with Gasteiger partial charge in [0.15, 0.2) is 0 Å². The molecule has 2 rings (SSSR count). The van der Waals surface area contributed by atoms with Gasteiger partial charge in [-0.05, 0) is 19.4 Å². The first-order valence-electron chi connectivity index (χ1n) is 5.94. The van der Waals surface area contributed by atoms with Crippen LogP contribution in [0.15, 0.2) is 12.3 Å². The first-order chi connectivity index (χ1) is 8.29. The van der Waals surface area contributed by atoms with E-state index >= 15 is 0 Å². The highest BCUT2D eigenvalue weighted by Crippen LogP contribution is 2.17. The molecule has 1 aliphatic rings. The molecule has 0 amide bonds. The molecule has 1 aromatic heterocycles. The smallest absolute Gasteiger partial charge is 0.226 e. The van der Waals surface area contributed by atoms with E-state index in [9.17, 15) is 0 Å².